The molecule has 2 atom stereocenters. The van der Waals surface area contributed by atoms with E-state index in [-0.39, 0.29) is 4.31 Å². The molecule has 1 saturated heterocycles. The number of amides is 1. The topological polar surface area (TPSA) is 104 Å². The number of hydrogen-bond acceptors (Lipinski definition) is 5. The molecule has 0 spiro atoms. The molecular weight excluding hydrogens is 378 g/mol. The van der Waals surface area contributed by atoms with Crippen molar-refractivity contribution >= 4 is 16.2 Å². The highest BCUT2D eigenvalue weighted by molar-refractivity contribution is 7.84. The van der Waals surface area contributed by atoms with Crippen LogP contribution in [0.4, 0.5) is 0 Å². The van der Waals surface area contributed by atoms with Gasteiger partial charge in [-0.15, -0.1) is 0 Å². The van der Waals surface area contributed by atoms with Crippen molar-refractivity contribution in [3.8, 4) is 0 Å². The third-order valence-corrected chi connectivity index (χ3v) is 6.57. The molecule has 168 valence electrons. The van der Waals surface area contributed by atoms with E-state index in [0.29, 0.717) is 0 Å². The second kappa shape index (κ2) is 13.5. The molecule has 28 heavy (non-hydrogen) atoms. The highest BCUT2D eigenvalue weighted by Gasteiger charge is 2.45. The molecule has 0 aromatic heterocycles. The van der Waals surface area contributed by atoms with Crippen molar-refractivity contribution in [1.29, 1.82) is 0 Å². The van der Waals surface area contributed by atoms with Crippen LogP contribution in [-0.4, -0.2) is 65.9 Å². The summed E-state index contributed by atoms with van der Waals surface area (Å²) in [5.74, 6) is -0.826. The van der Waals surface area contributed by atoms with Gasteiger partial charge in [-0.2, -0.15) is 0 Å². The Hall–Kier alpha value is -0.700. The van der Waals surface area contributed by atoms with Gasteiger partial charge in [-0.05, 0) is 32.6 Å². The van der Waals surface area contributed by atoms with Gasteiger partial charge in [0, 0.05) is 0 Å². The van der Waals surface area contributed by atoms with E-state index in [9.17, 15) is 17.8 Å². The number of carbonyl (C=O) groups excluding carboxylic acids is 1. The maximum absolute atomic E-state index is 10.6. The summed E-state index contributed by atoms with van der Waals surface area (Å²) in [7, 11) is -4.64. The van der Waals surface area contributed by atoms with Crippen molar-refractivity contribution in [2.45, 2.75) is 98.1 Å². The summed E-state index contributed by atoms with van der Waals surface area (Å²) in [4.78, 5) is 10.6. The fourth-order valence-electron chi connectivity index (χ4n) is 3.58. The standard InChI is InChI=1S/C16H36N.C4H8N2O4S/c1-5-9-13-17(14-10-6-2,15-11-7-3)16-12-8-4;1-2-3(5)4(7)6(2)11(8,9)10/h5-16H2,1-4H3;2-3H,5H2,1H3,(H,8,9,10)/q+1;/p-1/t;2?,3-/m.0/s1. The summed E-state index contributed by atoms with van der Waals surface area (Å²) in [6, 6.07) is -1.55. The molecule has 0 saturated carbocycles. The van der Waals surface area contributed by atoms with Crippen LogP contribution in [0.5, 0.6) is 0 Å². The lowest BCUT2D eigenvalue weighted by atomic mass is 10.0. The number of carbonyl (C=O) groups is 1. The largest absolute Gasteiger partial charge is 0.731 e. The molecule has 1 unspecified atom stereocenters. The Morgan fingerprint density at radius 2 is 1.21 bits per heavy atom. The molecule has 0 aromatic rings. The number of rotatable bonds is 13. The van der Waals surface area contributed by atoms with Crippen molar-refractivity contribution in [2.75, 3.05) is 26.2 Å². The molecule has 7 nitrogen and oxygen atoms in total. The Labute approximate surface area is 173 Å². The number of nitrogens with two attached hydrogens (primary N) is 1. The van der Waals surface area contributed by atoms with Crippen LogP contribution in [0, 0.1) is 0 Å². The molecule has 1 fully saturated rings. The van der Waals surface area contributed by atoms with Crippen molar-refractivity contribution in [3.63, 3.8) is 0 Å². The minimum atomic E-state index is -4.64. The summed E-state index contributed by atoms with van der Waals surface area (Å²) < 4.78 is 32.5. The van der Waals surface area contributed by atoms with E-state index in [2.05, 4.69) is 27.7 Å². The Morgan fingerprint density at radius 3 is 1.39 bits per heavy atom. The maximum Gasteiger partial charge on any atom is 0.254 e. The fraction of sp³-hybridized carbons (Fsp3) is 0.950. The summed E-state index contributed by atoms with van der Waals surface area (Å²) in [6.45, 7) is 16.4. The van der Waals surface area contributed by atoms with Gasteiger partial charge in [0.05, 0.1) is 32.2 Å². The Kier molecular flexibility index (Phi) is 13.2. The predicted octanol–water partition coefficient (Wildman–Crippen LogP) is 3.01. The van der Waals surface area contributed by atoms with Gasteiger partial charge >= 0.3 is 0 Å². The maximum atomic E-state index is 10.6. The van der Waals surface area contributed by atoms with E-state index in [0.717, 1.165) is 0 Å². The van der Waals surface area contributed by atoms with Gasteiger partial charge in [0.15, 0.2) is 10.3 Å². The summed E-state index contributed by atoms with van der Waals surface area (Å²) in [5.41, 5.74) is 5.16. The molecule has 1 amide bonds. The van der Waals surface area contributed by atoms with Crippen LogP contribution in [0.25, 0.3) is 0 Å². The van der Waals surface area contributed by atoms with Crippen molar-refractivity contribution in [1.82, 2.24) is 4.31 Å². The number of unbranched alkanes of at least 4 members (excludes halogenated alkanes) is 4. The molecule has 0 radical (unpaired) electrons. The highest BCUT2D eigenvalue weighted by Crippen LogP contribution is 2.20. The zero-order valence-electron chi connectivity index (χ0n) is 18.7. The minimum Gasteiger partial charge on any atom is -0.731 e. The summed E-state index contributed by atoms with van der Waals surface area (Å²) in [6.07, 6.45) is 11.1. The molecule has 1 aliphatic rings. The molecule has 0 bridgehead atoms. The summed E-state index contributed by atoms with van der Waals surface area (Å²) in [5, 5.41) is 0. The molecule has 1 rings (SSSR count). The number of quaternary nitrogens is 1. The van der Waals surface area contributed by atoms with Crippen LogP contribution >= 0.6 is 0 Å². The van der Waals surface area contributed by atoms with E-state index in [1.165, 1.54) is 89.0 Å². The molecule has 0 aromatic carbocycles. The van der Waals surface area contributed by atoms with Gasteiger partial charge < -0.3 is 14.8 Å². The van der Waals surface area contributed by atoms with E-state index < -0.39 is 28.3 Å². The zero-order valence-corrected chi connectivity index (χ0v) is 19.5. The second-order valence-electron chi connectivity index (χ2n) is 8.01. The first-order valence-corrected chi connectivity index (χ1v) is 12.4. The number of hydrogen-bond donors (Lipinski definition) is 1. The molecule has 0 aliphatic carbocycles. The quantitative estimate of drug-likeness (QED) is 0.280. The fourth-order valence-corrected chi connectivity index (χ4v) is 4.46. The first-order valence-electron chi connectivity index (χ1n) is 11.0. The number of β-lactam (4-membered cyclic amide) rings is 1. The van der Waals surface area contributed by atoms with Gasteiger partial charge in [0.25, 0.3) is 5.91 Å². The Bertz CT molecular complexity index is 502. The van der Waals surface area contributed by atoms with Crippen molar-refractivity contribution < 1.29 is 22.2 Å². The smallest absolute Gasteiger partial charge is 0.254 e. The Balaban J connectivity index is 0.000000567. The van der Waals surface area contributed by atoms with Gasteiger partial charge in [-0.3, -0.25) is 4.79 Å². The van der Waals surface area contributed by atoms with Gasteiger partial charge in [-0.25, -0.2) is 12.7 Å². The number of nitrogens with zero attached hydrogens (tertiary/aromatic N) is 2. The van der Waals surface area contributed by atoms with Crippen LogP contribution in [-0.2, 0) is 15.1 Å². The van der Waals surface area contributed by atoms with Crippen molar-refractivity contribution in [2.24, 2.45) is 5.73 Å². The van der Waals surface area contributed by atoms with E-state index in [4.69, 9.17) is 5.73 Å². The lowest BCUT2D eigenvalue weighted by molar-refractivity contribution is -0.929. The lowest BCUT2D eigenvalue weighted by Gasteiger charge is -2.43. The van der Waals surface area contributed by atoms with Gasteiger partial charge in [0.2, 0.25) is 0 Å². The SMILES string of the molecule is CC1[C@H](N)C(=O)N1S(=O)(=O)[O-].CCCC[N+](CCCC)(CCCC)CCCC. The van der Waals surface area contributed by atoms with Crippen LogP contribution in [0.15, 0.2) is 0 Å². The van der Waals surface area contributed by atoms with Crippen LogP contribution in [0.3, 0.4) is 0 Å². The third kappa shape index (κ3) is 8.76. The molecule has 8 heteroatoms. The molecule has 1 heterocycles. The van der Waals surface area contributed by atoms with E-state index in [1.807, 2.05) is 0 Å². The predicted molar refractivity (Wildman–Crippen MR) is 113 cm³/mol. The molecule has 1 aliphatic heterocycles. The normalized spacial score (nSPS) is 19.8. The van der Waals surface area contributed by atoms with Crippen molar-refractivity contribution in [3.05, 3.63) is 0 Å². The summed E-state index contributed by atoms with van der Waals surface area (Å²) >= 11 is 0. The zero-order chi connectivity index (χ0) is 21.8. The monoisotopic (exact) mass is 421 g/mol. The first kappa shape index (κ1) is 27.3. The molecule has 2 N–H and O–H groups in total. The average Bonchev–Trinajstić information content (AvgIpc) is 2.66. The van der Waals surface area contributed by atoms with Crippen LogP contribution in [0.2, 0.25) is 0 Å². The third-order valence-electron chi connectivity index (χ3n) is 5.58. The van der Waals surface area contributed by atoms with Crippen LogP contribution < -0.4 is 5.73 Å². The van der Waals surface area contributed by atoms with E-state index >= 15 is 0 Å². The van der Waals surface area contributed by atoms with Gasteiger partial charge in [-0.1, -0.05) is 53.4 Å². The lowest BCUT2D eigenvalue weighted by Crippen LogP contribution is -2.68. The van der Waals surface area contributed by atoms with E-state index in [1.54, 1.807) is 0 Å². The highest BCUT2D eigenvalue weighted by atomic mass is 32.2. The van der Waals surface area contributed by atoms with Gasteiger partial charge in [0.1, 0.15) is 6.04 Å². The molecular formula is C20H43N3O4S. The minimum absolute atomic E-state index is 0.248. The first-order chi connectivity index (χ1) is 13.1. The Morgan fingerprint density at radius 1 is 0.893 bits per heavy atom. The average molecular weight is 422 g/mol. The second-order valence-corrected chi connectivity index (χ2v) is 9.26. The van der Waals surface area contributed by atoms with Crippen LogP contribution in [0.1, 0.15) is 86.0 Å².